The Balaban J connectivity index is 2.42. The van der Waals surface area contributed by atoms with E-state index in [4.69, 9.17) is 10.5 Å². The SMILES string of the molecule is CC(C)CC(N)C(=O)[C@]1(C)CO1. The number of nitrogens with two attached hydrogens (primary N) is 1. The lowest BCUT2D eigenvalue weighted by Gasteiger charge is -2.14. The number of Topliss-reactive ketones (excluding diaryl/α,β-unsaturated/α-hetero) is 1. The van der Waals surface area contributed by atoms with Crippen LogP contribution in [0.3, 0.4) is 0 Å². The second-order valence-corrected chi connectivity index (χ2v) is 4.12. The van der Waals surface area contributed by atoms with Crippen LogP contribution in [0.5, 0.6) is 0 Å². The van der Waals surface area contributed by atoms with Crippen LogP contribution in [-0.4, -0.2) is 24.0 Å². The van der Waals surface area contributed by atoms with E-state index in [9.17, 15) is 4.79 Å². The Bertz CT molecular complexity index is 185. The van der Waals surface area contributed by atoms with Gasteiger partial charge in [0, 0.05) is 0 Å². The molecule has 0 aromatic carbocycles. The lowest BCUT2D eigenvalue weighted by molar-refractivity contribution is -0.125. The predicted octanol–water partition coefficient (Wildman–Crippen LogP) is 0.718. The molecule has 0 aliphatic carbocycles. The molecular weight excluding hydrogens is 154 g/mol. The van der Waals surface area contributed by atoms with Crippen molar-refractivity contribution in [1.82, 2.24) is 0 Å². The standard InChI is InChI=1S/C9H17NO2/c1-6(2)4-7(10)8(11)9(3)5-12-9/h6-7H,4-5,10H2,1-3H3/t7?,9-/m0/s1. The zero-order valence-electron chi connectivity index (χ0n) is 7.96. The molecule has 2 N–H and O–H groups in total. The summed E-state index contributed by atoms with van der Waals surface area (Å²) in [5.41, 5.74) is 5.17. The molecule has 1 heterocycles. The van der Waals surface area contributed by atoms with Crippen LogP contribution in [0.1, 0.15) is 27.2 Å². The maximum absolute atomic E-state index is 11.5. The Morgan fingerprint density at radius 3 is 2.50 bits per heavy atom. The number of ether oxygens (including phenoxy) is 1. The lowest BCUT2D eigenvalue weighted by Crippen LogP contribution is -2.40. The molecule has 1 unspecified atom stereocenters. The highest BCUT2D eigenvalue weighted by Crippen LogP contribution is 2.28. The van der Waals surface area contributed by atoms with Crippen molar-refractivity contribution >= 4 is 5.78 Å². The summed E-state index contributed by atoms with van der Waals surface area (Å²) >= 11 is 0. The summed E-state index contributed by atoms with van der Waals surface area (Å²) in [6.45, 7) is 6.46. The largest absolute Gasteiger partial charge is 0.362 e. The monoisotopic (exact) mass is 171 g/mol. The molecule has 1 saturated heterocycles. The van der Waals surface area contributed by atoms with E-state index in [1.54, 1.807) is 6.92 Å². The van der Waals surface area contributed by atoms with Crippen molar-refractivity contribution in [3.05, 3.63) is 0 Å². The third kappa shape index (κ3) is 2.05. The van der Waals surface area contributed by atoms with E-state index in [1.165, 1.54) is 0 Å². The minimum atomic E-state index is -0.547. The van der Waals surface area contributed by atoms with E-state index in [2.05, 4.69) is 13.8 Å². The Labute approximate surface area is 73.3 Å². The van der Waals surface area contributed by atoms with Crippen molar-refractivity contribution in [1.29, 1.82) is 0 Å². The van der Waals surface area contributed by atoms with Gasteiger partial charge in [-0.05, 0) is 19.3 Å². The highest BCUT2D eigenvalue weighted by atomic mass is 16.6. The number of rotatable bonds is 4. The predicted molar refractivity (Wildman–Crippen MR) is 46.8 cm³/mol. The smallest absolute Gasteiger partial charge is 0.183 e. The van der Waals surface area contributed by atoms with Crippen molar-refractivity contribution in [2.45, 2.75) is 38.8 Å². The second-order valence-electron chi connectivity index (χ2n) is 4.12. The minimum absolute atomic E-state index is 0.0520. The molecule has 0 aromatic rings. The summed E-state index contributed by atoms with van der Waals surface area (Å²) in [5, 5.41) is 0. The molecule has 0 radical (unpaired) electrons. The first-order valence-corrected chi connectivity index (χ1v) is 4.39. The molecule has 0 spiro atoms. The summed E-state index contributed by atoms with van der Waals surface area (Å²) in [4.78, 5) is 11.5. The van der Waals surface area contributed by atoms with Crippen LogP contribution in [0.4, 0.5) is 0 Å². The molecule has 0 aromatic heterocycles. The highest BCUT2D eigenvalue weighted by molar-refractivity contribution is 5.93. The number of epoxide rings is 1. The molecule has 3 nitrogen and oxygen atoms in total. The minimum Gasteiger partial charge on any atom is -0.362 e. The molecule has 2 atom stereocenters. The number of carbonyl (C=O) groups excluding carboxylic acids is 1. The molecule has 0 amide bonds. The first kappa shape index (κ1) is 9.68. The zero-order valence-corrected chi connectivity index (χ0v) is 7.96. The lowest BCUT2D eigenvalue weighted by atomic mass is 9.94. The van der Waals surface area contributed by atoms with Gasteiger partial charge >= 0.3 is 0 Å². The van der Waals surface area contributed by atoms with Crippen LogP contribution in [0, 0.1) is 5.92 Å². The van der Waals surface area contributed by atoms with Gasteiger partial charge in [-0.25, -0.2) is 0 Å². The van der Waals surface area contributed by atoms with Gasteiger partial charge in [0.15, 0.2) is 5.78 Å². The van der Waals surface area contributed by atoms with E-state index in [1.807, 2.05) is 0 Å². The van der Waals surface area contributed by atoms with E-state index in [0.717, 1.165) is 6.42 Å². The molecule has 12 heavy (non-hydrogen) atoms. The molecule has 3 heteroatoms. The van der Waals surface area contributed by atoms with E-state index in [0.29, 0.717) is 12.5 Å². The number of hydrogen-bond acceptors (Lipinski definition) is 3. The third-order valence-corrected chi connectivity index (χ3v) is 2.16. The Kier molecular flexibility index (Phi) is 2.54. The van der Waals surface area contributed by atoms with Gasteiger partial charge in [0.05, 0.1) is 12.6 Å². The average Bonchev–Trinajstić information content (AvgIpc) is 2.66. The number of hydrogen-bond donors (Lipinski definition) is 1. The molecule has 0 bridgehead atoms. The normalized spacial score (nSPS) is 30.4. The second kappa shape index (κ2) is 3.15. The fourth-order valence-electron chi connectivity index (χ4n) is 1.26. The van der Waals surface area contributed by atoms with Gasteiger partial charge in [-0.15, -0.1) is 0 Å². The van der Waals surface area contributed by atoms with Crippen LogP contribution < -0.4 is 5.73 Å². The first-order chi connectivity index (χ1) is 5.46. The third-order valence-electron chi connectivity index (χ3n) is 2.16. The van der Waals surface area contributed by atoms with Crippen molar-refractivity contribution in [2.75, 3.05) is 6.61 Å². The Hall–Kier alpha value is -0.410. The Morgan fingerprint density at radius 1 is 1.67 bits per heavy atom. The van der Waals surface area contributed by atoms with E-state index in [-0.39, 0.29) is 11.8 Å². The molecule has 1 fully saturated rings. The van der Waals surface area contributed by atoms with Crippen LogP contribution in [0.15, 0.2) is 0 Å². The van der Waals surface area contributed by atoms with Gasteiger partial charge in [-0.3, -0.25) is 4.79 Å². The van der Waals surface area contributed by atoms with E-state index < -0.39 is 5.60 Å². The van der Waals surface area contributed by atoms with Gasteiger partial charge in [0.1, 0.15) is 5.60 Å². The van der Waals surface area contributed by atoms with Gasteiger partial charge in [-0.1, -0.05) is 13.8 Å². The Morgan fingerprint density at radius 2 is 2.17 bits per heavy atom. The summed E-state index contributed by atoms with van der Waals surface area (Å²) in [6, 6.07) is -0.350. The summed E-state index contributed by atoms with van der Waals surface area (Å²) in [6.07, 6.45) is 0.748. The summed E-state index contributed by atoms with van der Waals surface area (Å²) < 4.78 is 5.03. The van der Waals surface area contributed by atoms with Crippen molar-refractivity contribution < 1.29 is 9.53 Å². The van der Waals surface area contributed by atoms with Crippen molar-refractivity contribution in [3.8, 4) is 0 Å². The quantitative estimate of drug-likeness (QED) is 0.634. The highest BCUT2D eigenvalue weighted by Gasteiger charge is 2.48. The van der Waals surface area contributed by atoms with Crippen LogP contribution in [-0.2, 0) is 9.53 Å². The van der Waals surface area contributed by atoms with Gasteiger partial charge in [-0.2, -0.15) is 0 Å². The van der Waals surface area contributed by atoms with Crippen LogP contribution in [0.2, 0.25) is 0 Å². The maximum atomic E-state index is 11.5. The van der Waals surface area contributed by atoms with Crippen molar-refractivity contribution in [3.63, 3.8) is 0 Å². The zero-order chi connectivity index (χ0) is 9.35. The van der Waals surface area contributed by atoms with Gasteiger partial charge < -0.3 is 10.5 Å². The van der Waals surface area contributed by atoms with Crippen LogP contribution in [0.25, 0.3) is 0 Å². The topological polar surface area (TPSA) is 55.6 Å². The average molecular weight is 171 g/mol. The molecule has 1 aliphatic rings. The van der Waals surface area contributed by atoms with E-state index >= 15 is 0 Å². The summed E-state index contributed by atoms with van der Waals surface area (Å²) in [7, 11) is 0. The van der Waals surface area contributed by atoms with Crippen LogP contribution >= 0.6 is 0 Å². The number of carbonyl (C=O) groups is 1. The van der Waals surface area contributed by atoms with Crippen molar-refractivity contribution in [2.24, 2.45) is 11.7 Å². The fraction of sp³-hybridized carbons (Fsp3) is 0.889. The molecule has 0 saturated carbocycles. The first-order valence-electron chi connectivity index (χ1n) is 4.39. The molecule has 1 aliphatic heterocycles. The fourth-order valence-corrected chi connectivity index (χ4v) is 1.26. The number of ketones is 1. The van der Waals surface area contributed by atoms with Gasteiger partial charge in [0.2, 0.25) is 0 Å². The molecule has 70 valence electrons. The summed E-state index contributed by atoms with van der Waals surface area (Å²) in [5.74, 6) is 0.516. The molecular formula is C9H17NO2. The van der Waals surface area contributed by atoms with Gasteiger partial charge in [0.25, 0.3) is 0 Å². The molecule has 1 rings (SSSR count). The maximum Gasteiger partial charge on any atom is 0.183 e.